The molecule has 3 rings (SSSR count). The zero-order valence-electron chi connectivity index (χ0n) is 14.3. The van der Waals surface area contributed by atoms with Crippen molar-refractivity contribution in [3.05, 3.63) is 48.3 Å². The number of para-hydroxylation sites is 1. The molecule has 0 aliphatic carbocycles. The number of nitrogens with one attached hydrogen (secondary N) is 1. The lowest BCUT2D eigenvalue weighted by atomic mass is 9.97. The normalized spacial score (nSPS) is 17.5. The van der Waals surface area contributed by atoms with Gasteiger partial charge in [-0.15, -0.1) is 0 Å². The van der Waals surface area contributed by atoms with Gasteiger partial charge in [-0.2, -0.15) is 0 Å². The number of carbonyl (C=O) groups excluding carboxylic acids is 1. The Labute approximate surface area is 146 Å². The fourth-order valence-corrected chi connectivity index (χ4v) is 3.19. The van der Waals surface area contributed by atoms with Crippen molar-refractivity contribution in [3.63, 3.8) is 0 Å². The standard InChI is InChI=1S/C18H23FN4O2/c1-25-12-11-22-10-8-20-17(22)14-5-4-9-23(13-14)18(24)21-16-7-3-2-6-15(16)19/h2-3,6-8,10,14H,4-5,9,11-13H2,1H3,(H,21,24)/t14-/m0/s1. The summed E-state index contributed by atoms with van der Waals surface area (Å²) in [5.41, 5.74) is 0.205. The summed E-state index contributed by atoms with van der Waals surface area (Å²) in [6.07, 6.45) is 5.59. The van der Waals surface area contributed by atoms with Crippen molar-refractivity contribution >= 4 is 11.7 Å². The third kappa shape index (κ3) is 4.17. The highest BCUT2D eigenvalue weighted by molar-refractivity contribution is 5.89. The molecular formula is C18H23FN4O2. The summed E-state index contributed by atoms with van der Waals surface area (Å²) in [4.78, 5) is 18.7. The Morgan fingerprint density at radius 2 is 2.28 bits per heavy atom. The number of hydrogen-bond donors (Lipinski definition) is 1. The average Bonchev–Trinajstić information content (AvgIpc) is 3.10. The van der Waals surface area contributed by atoms with E-state index < -0.39 is 5.82 Å². The number of amides is 2. The highest BCUT2D eigenvalue weighted by atomic mass is 19.1. The number of anilines is 1. The van der Waals surface area contributed by atoms with Gasteiger partial charge in [-0.3, -0.25) is 0 Å². The monoisotopic (exact) mass is 346 g/mol. The molecule has 1 fully saturated rings. The van der Waals surface area contributed by atoms with Crippen molar-refractivity contribution in [2.45, 2.75) is 25.3 Å². The molecule has 6 nitrogen and oxygen atoms in total. The third-order valence-corrected chi connectivity index (χ3v) is 4.47. The lowest BCUT2D eigenvalue weighted by Gasteiger charge is -2.32. The van der Waals surface area contributed by atoms with E-state index in [2.05, 4.69) is 14.9 Å². The number of rotatable bonds is 5. The van der Waals surface area contributed by atoms with Gasteiger partial charge in [-0.05, 0) is 25.0 Å². The molecule has 1 aliphatic rings. The van der Waals surface area contributed by atoms with Crippen LogP contribution < -0.4 is 5.32 Å². The smallest absolute Gasteiger partial charge is 0.321 e. The molecule has 134 valence electrons. The van der Waals surface area contributed by atoms with Gasteiger partial charge in [0.15, 0.2) is 0 Å². The lowest BCUT2D eigenvalue weighted by molar-refractivity contribution is 0.179. The summed E-state index contributed by atoms with van der Waals surface area (Å²) in [6.45, 7) is 2.59. The van der Waals surface area contributed by atoms with Gasteiger partial charge in [-0.1, -0.05) is 12.1 Å². The maximum Gasteiger partial charge on any atom is 0.321 e. The molecule has 0 spiro atoms. The summed E-state index contributed by atoms with van der Waals surface area (Å²) >= 11 is 0. The van der Waals surface area contributed by atoms with Gasteiger partial charge >= 0.3 is 6.03 Å². The Kier molecular flexibility index (Phi) is 5.65. The van der Waals surface area contributed by atoms with Crippen molar-refractivity contribution < 1.29 is 13.9 Å². The molecule has 2 amide bonds. The van der Waals surface area contributed by atoms with Crippen molar-refractivity contribution in [3.8, 4) is 0 Å². The second-order valence-electron chi connectivity index (χ2n) is 6.17. The summed E-state index contributed by atoms with van der Waals surface area (Å²) < 4.78 is 20.9. The van der Waals surface area contributed by atoms with E-state index in [9.17, 15) is 9.18 Å². The fourth-order valence-electron chi connectivity index (χ4n) is 3.19. The van der Waals surface area contributed by atoms with E-state index in [4.69, 9.17) is 4.74 Å². The molecule has 0 saturated carbocycles. The third-order valence-electron chi connectivity index (χ3n) is 4.47. The molecule has 7 heteroatoms. The zero-order valence-corrected chi connectivity index (χ0v) is 14.3. The van der Waals surface area contributed by atoms with Crippen LogP contribution in [0.5, 0.6) is 0 Å². The number of piperidine rings is 1. The van der Waals surface area contributed by atoms with Crippen LogP contribution in [0.2, 0.25) is 0 Å². The van der Waals surface area contributed by atoms with Crippen LogP contribution in [0.15, 0.2) is 36.7 Å². The minimum Gasteiger partial charge on any atom is -0.383 e. The summed E-state index contributed by atoms with van der Waals surface area (Å²) in [6, 6.07) is 5.92. The van der Waals surface area contributed by atoms with Gasteiger partial charge in [0.05, 0.1) is 12.3 Å². The molecule has 1 aromatic carbocycles. The highest BCUT2D eigenvalue weighted by Gasteiger charge is 2.27. The Bertz CT molecular complexity index is 719. The van der Waals surface area contributed by atoms with Gasteiger partial charge in [0.25, 0.3) is 0 Å². The van der Waals surface area contributed by atoms with E-state index in [-0.39, 0.29) is 17.6 Å². The van der Waals surface area contributed by atoms with Gasteiger partial charge < -0.3 is 19.5 Å². The van der Waals surface area contributed by atoms with Gasteiger partial charge in [0.1, 0.15) is 11.6 Å². The molecule has 0 unspecified atom stereocenters. The van der Waals surface area contributed by atoms with Gasteiger partial charge in [-0.25, -0.2) is 14.2 Å². The number of nitrogens with zero attached hydrogens (tertiary/aromatic N) is 3. The van der Waals surface area contributed by atoms with E-state index in [1.54, 1.807) is 36.4 Å². The molecule has 1 saturated heterocycles. The molecular weight excluding hydrogens is 323 g/mol. The van der Waals surface area contributed by atoms with E-state index in [0.29, 0.717) is 19.7 Å². The van der Waals surface area contributed by atoms with Crippen LogP contribution in [0.4, 0.5) is 14.9 Å². The first-order valence-corrected chi connectivity index (χ1v) is 8.49. The number of methoxy groups -OCH3 is 1. The van der Waals surface area contributed by atoms with Crippen LogP contribution >= 0.6 is 0 Å². The molecule has 1 atom stereocenters. The van der Waals surface area contributed by atoms with Crippen molar-refractivity contribution in [2.24, 2.45) is 0 Å². The van der Waals surface area contributed by atoms with E-state index in [1.165, 1.54) is 6.07 Å². The summed E-state index contributed by atoms with van der Waals surface area (Å²) in [5.74, 6) is 0.715. The molecule has 2 aromatic rings. The topological polar surface area (TPSA) is 59.4 Å². The van der Waals surface area contributed by atoms with Gasteiger partial charge in [0.2, 0.25) is 0 Å². The summed E-state index contributed by atoms with van der Waals surface area (Å²) in [5, 5.41) is 2.66. The maximum absolute atomic E-state index is 13.7. The Morgan fingerprint density at radius 1 is 1.44 bits per heavy atom. The first-order chi connectivity index (χ1) is 12.2. The largest absolute Gasteiger partial charge is 0.383 e. The Morgan fingerprint density at radius 3 is 3.08 bits per heavy atom. The Hall–Kier alpha value is -2.41. The molecule has 1 aromatic heterocycles. The molecule has 2 heterocycles. The van der Waals surface area contributed by atoms with Crippen LogP contribution in [0, 0.1) is 5.82 Å². The van der Waals surface area contributed by atoms with Crippen LogP contribution in [0.3, 0.4) is 0 Å². The van der Waals surface area contributed by atoms with Crippen molar-refractivity contribution in [2.75, 3.05) is 32.1 Å². The first kappa shape index (κ1) is 17.4. The molecule has 25 heavy (non-hydrogen) atoms. The molecule has 1 N–H and O–H groups in total. The van der Waals surface area contributed by atoms with Crippen molar-refractivity contribution in [1.29, 1.82) is 0 Å². The average molecular weight is 346 g/mol. The van der Waals surface area contributed by atoms with Crippen LogP contribution in [-0.2, 0) is 11.3 Å². The SMILES string of the molecule is COCCn1ccnc1[C@H]1CCCN(C(=O)Nc2ccccc2F)C1. The summed E-state index contributed by atoms with van der Waals surface area (Å²) in [7, 11) is 1.67. The molecule has 0 radical (unpaired) electrons. The van der Waals surface area contributed by atoms with Crippen LogP contribution in [0.25, 0.3) is 0 Å². The number of imidazole rings is 1. The molecule has 0 bridgehead atoms. The number of hydrogen-bond acceptors (Lipinski definition) is 3. The van der Waals surface area contributed by atoms with Crippen LogP contribution in [-0.4, -0.2) is 47.3 Å². The van der Waals surface area contributed by atoms with E-state index in [0.717, 1.165) is 25.2 Å². The maximum atomic E-state index is 13.7. The quantitative estimate of drug-likeness (QED) is 0.905. The molecule has 1 aliphatic heterocycles. The van der Waals surface area contributed by atoms with Gasteiger partial charge in [0, 0.05) is 45.1 Å². The first-order valence-electron chi connectivity index (χ1n) is 8.49. The van der Waals surface area contributed by atoms with E-state index in [1.807, 2.05) is 6.20 Å². The minimum absolute atomic E-state index is 0.173. The van der Waals surface area contributed by atoms with Crippen LogP contribution in [0.1, 0.15) is 24.6 Å². The zero-order chi connectivity index (χ0) is 17.6. The highest BCUT2D eigenvalue weighted by Crippen LogP contribution is 2.26. The lowest BCUT2D eigenvalue weighted by Crippen LogP contribution is -2.42. The second-order valence-corrected chi connectivity index (χ2v) is 6.17. The predicted molar refractivity (Wildman–Crippen MR) is 93.1 cm³/mol. The van der Waals surface area contributed by atoms with E-state index >= 15 is 0 Å². The number of likely N-dealkylation sites (tertiary alicyclic amines) is 1. The fraction of sp³-hybridized carbons (Fsp3) is 0.444. The number of carbonyl (C=O) groups is 1. The number of ether oxygens (including phenoxy) is 1. The number of aromatic nitrogens is 2. The van der Waals surface area contributed by atoms with Crippen molar-refractivity contribution in [1.82, 2.24) is 14.5 Å². The number of halogens is 1. The predicted octanol–water partition coefficient (Wildman–Crippen LogP) is 3.08. The minimum atomic E-state index is -0.431. The number of urea groups is 1. The Balaban J connectivity index is 1.66. The second kappa shape index (κ2) is 8.11. The number of benzene rings is 1.